The number of aromatic nitrogens is 5. The number of nitrogens with one attached hydrogen (secondary N) is 1. The predicted molar refractivity (Wildman–Crippen MR) is 131 cm³/mol. The number of hydrogen-bond acceptors (Lipinski definition) is 6. The van der Waals surface area contributed by atoms with E-state index >= 15 is 0 Å². The van der Waals surface area contributed by atoms with Crippen LogP contribution in [-0.4, -0.2) is 37.4 Å². The summed E-state index contributed by atoms with van der Waals surface area (Å²) in [6.45, 7) is 0. The van der Waals surface area contributed by atoms with E-state index in [-0.39, 0.29) is 22.7 Å². The number of ether oxygens (including phenoxy) is 1. The van der Waals surface area contributed by atoms with E-state index < -0.39 is 28.5 Å². The lowest BCUT2D eigenvalue weighted by molar-refractivity contribution is -0.142. The number of methoxy groups -OCH3 is 1. The molecule has 0 aliphatic carbocycles. The Balaban J connectivity index is 1.62. The Labute approximate surface area is 217 Å². The van der Waals surface area contributed by atoms with Gasteiger partial charge in [-0.25, -0.2) is 14.2 Å². The van der Waals surface area contributed by atoms with Crippen molar-refractivity contribution >= 4 is 29.0 Å². The summed E-state index contributed by atoms with van der Waals surface area (Å²) in [7, 11) is 1.43. The third kappa shape index (κ3) is 4.39. The second-order valence-corrected chi connectivity index (χ2v) is 8.25. The zero-order valence-electron chi connectivity index (χ0n) is 19.4. The van der Waals surface area contributed by atoms with Gasteiger partial charge in [0, 0.05) is 5.56 Å². The number of hydrogen-bond donors (Lipinski definition) is 1. The van der Waals surface area contributed by atoms with Gasteiger partial charge < -0.3 is 10.1 Å². The van der Waals surface area contributed by atoms with Crippen LogP contribution in [0.2, 0.25) is 5.02 Å². The van der Waals surface area contributed by atoms with E-state index in [1.54, 1.807) is 48.5 Å². The van der Waals surface area contributed by atoms with Crippen molar-refractivity contribution in [3.63, 3.8) is 0 Å². The summed E-state index contributed by atoms with van der Waals surface area (Å²) in [6.07, 6.45) is -3.60. The second-order valence-electron chi connectivity index (χ2n) is 7.87. The number of fused-ring (bicyclic) bond motifs is 1. The minimum atomic E-state index is -4.85. The molecular weight excluding hydrogens is 523 g/mol. The Hall–Kier alpha value is -4.89. The molecule has 5 rings (SSSR count). The van der Waals surface area contributed by atoms with E-state index in [0.717, 1.165) is 6.07 Å². The number of benzene rings is 2. The fourth-order valence-corrected chi connectivity index (χ4v) is 4.00. The summed E-state index contributed by atoms with van der Waals surface area (Å²) in [5.74, 6) is -0.538. The molecule has 1 amide bonds. The molecule has 0 aliphatic heterocycles. The van der Waals surface area contributed by atoms with Crippen LogP contribution in [0.5, 0.6) is 5.75 Å². The molecule has 0 radical (unpaired) electrons. The van der Waals surface area contributed by atoms with Gasteiger partial charge in [0.15, 0.2) is 22.9 Å². The van der Waals surface area contributed by atoms with Crippen LogP contribution in [0.25, 0.3) is 22.6 Å². The van der Waals surface area contributed by atoms with Gasteiger partial charge in [-0.15, -0.1) is 0 Å². The van der Waals surface area contributed by atoms with Gasteiger partial charge in [-0.2, -0.15) is 28.6 Å². The third-order valence-corrected chi connectivity index (χ3v) is 5.87. The number of para-hydroxylation sites is 1. The molecule has 1 N–H and O–H groups in total. The highest BCUT2D eigenvalue weighted by Gasteiger charge is 2.37. The number of amides is 1. The van der Waals surface area contributed by atoms with Crippen molar-refractivity contribution in [3.8, 4) is 28.8 Å². The Morgan fingerprint density at radius 2 is 1.89 bits per heavy atom. The third-order valence-electron chi connectivity index (χ3n) is 5.53. The smallest absolute Gasteiger partial charge is 0.433 e. The molecule has 0 bridgehead atoms. The van der Waals surface area contributed by atoms with Crippen LogP contribution in [0.1, 0.15) is 21.7 Å². The number of anilines is 1. The van der Waals surface area contributed by atoms with Gasteiger partial charge in [0.2, 0.25) is 0 Å². The first-order chi connectivity index (χ1) is 18.2. The molecule has 0 aliphatic rings. The molecule has 5 aromatic rings. The number of carbonyl (C=O) groups excluding carboxylic acids is 1. The normalized spacial score (nSPS) is 11.4. The average Bonchev–Trinajstić information content (AvgIpc) is 3.48. The molecule has 9 nitrogen and oxygen atoms in total. The maximum Gasteiger partial charge on any atom is 0.433 e. The molecule has 3 heterocycles. The molecule has 0 saturated heterocycles. The number of alkyl halides is 3. The van der Waals surface area contributed by atoms with E-state index in [0.29, 0.717) is 21.5 Å². The second kappa shape index (κ2) is 9.53. The van der Waals surface area contributed by atoms with Crippen LogP contribution >= 0.6 is 11.6 Å². The van der Waals surface area contributed by atoms with Crippen LogP contribution in [0.4, 0.5) is 19.0 Å². The van der Waals surface area contributed by atoms with Crippen molar-refractivity contribution in [3.05, 3.63) is 88.8 Å². The monoisotopic (exact) mass is 537 g/mol. The predicted octanol–water partition coefficient (Wildman–Crippen LogP) is 5.39. The zero-order chi connectivity index (χ0) is 27.0. The first-order valence-corrected chi connectivity index (χ1v) is 11.2. The van der Waals surface area contributed by atoms with Crippen molar-refractivity contribution in [2.24, 2.45) is 0 Å². The van der Waals surface area contributed by atoms with E-state index in [1.807, 2.05) is 6.07 Å². The molecule has 38 heavy (non-hydrogen) atoms. The molecule has 3 aromatic heterocycles. The van der Waals surface area contributed by atoms with E-state index in [2.05, 4.69) is 20.5 Å². The molecule has 0 spiro atoms. The van der Waals surface area contributed by atoms with Gasteiger partial charge >= 0.3 is 6.18 Å². The van der Waals surface area contributed by atoms with Crippen molar-refractivity contribution < 1.29 is 22.7 Å². The maximum absolute atomic E-state index is 14.0. The van der Waals surface area contributed by atoms with Crippen LogP contribution in [0.3, 0.4) is 0 Å². The van der Waals surface area contributed by atoms with Crippen molar-refractivity contribution in [1.29, 1.82) is 5.26 Å². The highest BCUT2D eigenvalue weighted by atomic mass is 35.5. The standard InChI is InChI=1S/C25H15ClF3N7O2/c1-38-17-9-5-6-14(10-17)18-11-19(25(27,28)29)36-23(32-18)20(26)21(34-36)24(37)33-22-15(12-30)13-31-35(22)16-7-3-2-4-8-16/h2-11,13H,1H3,(H,33,37). The molecule has 190 valence electrons. The molecule has 0 fully saturated rings. The van der Waals surface area contributed by atoms with Gasteiger partial charge in [-0.3, -0.25) is 4.79 Å². The lowest BCUT2D eigenvalue weighted by atomic mass is 10.1. The summed E-state index contributed by atoms with van der Waals surface area (Å²) in [6, 6.07) is 17.7. The maximum atomic E-state index is 14.0. The largest absolute Gasteiger partial charge is 0.497 e. The van der Waals surface area contributed by atoms with Crippen LogP contribution in [-0.2, 0) is 6.18 Å². The quantitative estimate of drug-likeness (QED) is 0.322. The van der Waals surface area contributed by atoms with Gasteiger partial charge in [0.05, 0.1) is 24.7 Å². The number of halogens is 4. The van der Waals surface area contributed by atoms with Crippen molar-refractivity contribution in [2.75, 3.05) is 12.4 Å². The van der Waals surface area contributed by atoms with E-state index in [9.17, 15) is 23.2 Å². The summed E-state index contributed by atoms with van der Waals surface area (Å²) in [5.41, 5.74) is -1.23. The lowest BCUT2D eigenvalue weighted by Crippen LogP contribution is -2.18. The zero-order valence-corrected chi connectivity index (χ0v) is 20.1. The van der Waals surface area contributed by atoms with Crippen molar-refractivity contribution in [2.45, 2.75) is 6.18 Å². The average molecular weight is 538 g/mol. The fraction of sp³-hybridized carbons (Fsp3) is 0.0800. The Kier molecular flexibility index (Phi) is 6.22. The molecule has 0 unspecified atom stereocenters. The fourth-order valence-electron chi connectivity index (χ4n) is 3.75. The number of rotatable bonds is 5. The Bertz CT molecular complexity index is 1720. The first kappa shape index (κ1) is 24.8. The molecule has 0 atom stereocenters. The summed E-state index contributed by atoms with van der Waals surface area (Å²) in [4.78, 5) is 17.5. The molecule has 2 aromatic carbocycles. The van der Waals surface area contributed by atoms with Gasteiger partial charge in [-0.1, -0.05) is 41.9 Å². The summed E-state index contributed by atoms with van der Waals surface area (Å²) in [5, 5.41) is 19.6. The van der Waals surface area contributed by atoms with Crippen LogP contribution in [0, 0.1) is 11.3 Å². The SMILES string of the molecule is COc1cccc(-c2cc(C(F)(F)F)n3nc(C(=O)Nc4c(C#N)cnn4-c4ccccc4)c(Cl)c3n2)c1. The number of nitrogens with zero attached hydrogens (tertiary/aromatic N) is 6. The molecular formula is C25H15ClF3N7O2. The first-order valence-electron chi connectivity index (χ1n) is 10.9. The highest BCUT2D eigenvalue weighted by Crippen LogP contribution is 2.35. The topological polar surface area (TPSA) is 110 Å². The van der Waals surface area contributed by atoms with Crippen LogP contribution in [0.15, 0.2) is 66.9 Å². The minimum Gasteiger partial charge on any atom is -0.497 e. The Morgan fingerprint density at radius 3 is 2.58 bits per heavy atom. The summed E-state index contributed by atoms with van der Waals surface area (Å²) >= 11 is 6.38. The van der Waals surface area contributed by atoms with Gasteiger partial charge in [0.25, 0.3) is 5.91 Å². The van der Waals surface area contributed by atoms with Gasteiger partial charge in [0.1, 0.15) is 22.4 Å². The highest BCUT2D eigenvalue weighted by molar-refractivity contribution is 6.37. The van der Waals surface area contributed by atoms with Crippen LogP contribution < -0.4 is 10.1 Å². The van der Waals surface area contributed by atoms with E-state index in [1.165, 1.54) is 24.1 Å². The number of carbonyl (C=O) groups is 1. The molecule has 0 saturated carbocycles. The van der Waals surface area contributed by atoms with Gasteiger partial charge in [-0.05, 0) is 30.3 Å². The minimum absolute atomic E-state index is 0.00195. The van der Waals surface area contributed by atoms with E-state index in [4.69, 9.17) is 16.3 Å². The summed E-state index contributed by atoms with van der Waals surface area (Å²) < 4.78 is 49.1. The Morgan fingerprint density at radius 1 is 1.13 bits per heavy atom. The van der Waals surface area contributed by atoms with Crippen molar-refractivity contribution in [1.82, 2.24) is 24.4 Å². The lowest BCUT2D eigenvalue weighted by Gasteiger charge is -2.11. The molecule has 13 heteroatoms. The number of nitriles is 1.